The van der Waals surface area contributed by atoms with Gasteiger partial charge in [-0.15, -0.1) is 0 Å². The Kier molecular flexibility index (Phi) is 5.73. The average Bonchev–Trinajstić information content (AvgIpc) is 2.58. The van der Waals surface area contributed by atoms with Crippen molar-refractivity contribution in [1.82, 2.24) is 5.32 Å². The zero-order chi connectivity index (χ0) is 17.5. The van der Waals surface area contributed by atoms with Gasteiger partial charge in [-0.3, -0.25) is 14.9 Å². The molecule has 2 aromatic rings. The summed E-state index contributed by atoms with van der Waals surface area (Å²) in [4.78, 5) is 21.8. The van der Waals surface area contributed by atoms with Gasteiger partial charge in [-0.2, -0.15) is 0 Å². The Morgan fingerprint density at radius 3 is 2.54 bits per heavy atom. The molecule has 1 amide bonds. The van der Waals surface area contributed by atoms with Gasteiger partial charge < -0.3 is 15.4 Å². The highest BCUT2D eigenvalue weighted by Crippen LogP contribution is 2.26. The van der Waals surface area contributed by atoms with E-state index in [0.717, 1.165) is 11.1 Å². The molecular weight excluding hydrogens is 310 g/mol. The van der Waals surface area contributed by atoms with Crippen LogP contribution < -0.4 is 15.4 Å². The van der Waals surface area contributed by atoms with Gasteiger partial charge in [0.1, 0.15) is 11.4 Å². The van der Waals surface area contributed by atoms with E-state index in [1.807, 2.05) is 19.1 Å². The number of rotatable bonds is 7. The fourth-order valence-electron chi connectivity index (χ4n) is 2.07. The maximum absolute atomic E-state index is 11.1. The molecule has 0 bridgehead atoms. The summed E-state index contributed by atoms with van der Waals surface area (Å²) in [6.45, 7) is 2.29. The van der Waals surface area contributed by atoms with Crippen molar-refractivity contribution in [1.29, 1.82) is 0 Å². The third-order valence-electron chi connectivity index (χ3n) is 3.40. The molecule has 0 aliphatic carbocycles. The molecule has 0 aliphatic heterocycles. The van der Waals surface area contributed by atoms with Crippen LogP contribution in [-0.4, -0.2) is 24.5 Å². The van der Waals surface area contributed by atoms with Gasteiger partial charge >= 0.3 is 0 Å². The van der Waals surface area contributed by atoms with Crippen molar-refractivity contribution >= 4 is 17.3 Å². The molecule has 0 fully saturated rings. The molecule has 0 heterocycles. The van der Waals surface area contributed by atoms with E-state index in [4.69, 9.17) is 4.74 Å². The Balaban J connectivity index is 1.99. The van der Waals surface area contributed by atoms with Crippen molar-refractivity contribution in [3.63, 3.8) is 0 Å². The molecule has 7 heteroatoms. The van der Waals surface area contributed by atoms with Gasteiger partial charge in [0.15, 0.2) is 6.61 Å². The molecule has 0 saturated heterocycles. The predicted molar refractivity (Wildman–Crippen MR) is 91.2 cm³/mol. The minimum Gasteiger partial charge on any atom is -0.484 e. The lowest BCUT2D eigenvalue weighted by molar-refractivity contribution is -0.384. The Bertz CT molecular complexity index is 729. The highest BCUT2D eigenvalue weighted by molar-refractivity contribution is 5.77. The number of aryl methyl sites for hydroxylation is 1. The number of nitrogens with zero attached hydrogens (tertiary/aromatic N) is 1. The molecule has 2 rings (SSSR count). The van der Waals surface area contributed by atoms with Gasteiger partial charge in [-0.1, -0.05) is 18.2 Å². The molecule has 24 heavy (non-hydrogen) atoms. The van der Waals surface area contributed by atoms with Crippen molar-refractivity contribution in [2.24, 2.45) is 0 Å². The summed E-state index contributed by atoms with van der Waals surface area (Å²) in [7, 11) is 1.55. The molecule has 0 saturated carbocycles. The number of hydrogen-bond acceptors (Lipinski definition) is 5. The van der Waals surface area contributed by atoms with Crippen molar-refractivity contribution in [3.8, 4) is 5.75 Å². The van der Waals surface area contributed by atoms with E-state index < -0.39 is 4.92 Å². The standard InChI is InChI=1S/C17H19N3O4/c1-12-3-8-16(20(22)23)15(9-12)19-10-13-4-6-14(7-5-13)24-11-17(21)18-2/h3-9,19H,10-11H2,1-2H3,(H,18,21). The van der Waals surface area contributed by atoms with Gasteiger partial charge in [-0.25, -0.2) is 0 Å². The number of nitro benzene ring substituents is 1. The minimum atomic E-state index is -0.405. The zero-order valence-corrected chi connectivity index (χ0v) is 13.5. The molecule has 0 aromatic heterocycles. The monoisotopic (exact) mass is 329 g/mol. The normalized spacial score (nSPS) is 10.1. The second-order valence-electron chi connectivity index (χ2n) is 5.24. The second-order valence-corrected chi connectivity index (χ2v) is 5.24. The van der Waals surface area contributed by atoms with Gasteiger partial charge in [-0.05, 0) is 36.2 Å². The molecular formula is C17H19N3O4. The molecule has 0 atom stereocenters. The number of nitrogens with one attached hydrogen (secondary N) is 2. The van der Waals surface area contributed by atoms with E-state index in [2.05, 4.69) is 10.6 Å². The Morgan fingerprint density at radius 1 is 1.21 bits per heavy atom. The lowest BCUT2D eigenvalue weighted by Crippen LogP contribution is -2.24. The number of carbonyl (C=O) groups is 1. The lowest BCUT2D eigenvalue weighted by atomic mass is 10.1. The summed E-state index contributed by atoms with van der Waals surface area (Å²) in [5.74, 6) is 0.386. The van der Waals surface area contributed by atoms with E-state index in [9.17, 15) is 14.9 Å². The fourth-order valence-corrected chi connectivity index (χ4v) is 2.07. The topological polar surface area (TPSA) is 93.5 Å². The number of anilines is 1. The van der Waals surface area contributed by atoms with Gasteiger partial charge in [0.05, 0.1) is 4.92 Å². The largest absolute Gasteiger partial charge is 0.484 e. The van der Waals surface area contributed by atoms with Crippen molar-refractivity contribution in [2.45, 2.75) is 13.5 Å². The first-order valence-electron chi connectivity index (χ1n) is 7.41. The molecule has 126 valence electrons. The van der Waals surface area contributed by atoms with Crippen LogP contribution in [-0.2, 0) is 11.3 Å². The lowest BCUT2D eigenvalue weighted by Gasteiger charge is -2.09. The van der Waals surface area contributed by atoms with E-state index in [1.54, 1.807) is 31.3 Å². The molecule has 0 spiro atoms. The number of ether oxygens (including phenoxy) is 1. The van der Waals surface area contributed by atoms with Crippen LogP contribution in [0.1, 0.15) is 11.1 Å². The summed E-state index contributed by atoms with van der Waals surface area (Å²) in [6.07, 6.45) is 0. The maximum atomic E-state index is 11.1. The highest BCUT2D eigenvalue weighted by Gasteiger charge is 2.13. The maximum Gasteiger partial charge on any atom is 0.292 e. The third kappa shape index (κ3) is 4.70. The number of carbonyl (C=O) groups excluding carboxylic acids is 1. The molecule has 2 N–H and O–H groups in total. The number of hydrogen-bond donors (Lipinski definition) is 2. The highest BCUT2D eigenvalue weighted by atomic mass is 16.6. The van der Waals surface area contributed by atoms with Crippen LogP contribution in [0.2, 0.25) is 0 Å². The van der Waals surface area contributed by atoms with Crippen LogP contribution in [0.25, 0.3) is 0 Å². The molecule has 2 aromatic carbocycles. The van der Waals surface area contributed by atoms with E-state index in [-0.39, 0.29) is 18.2 Å². The van der Waals surface area contributed by atoms with Crippen LogP contribution in [0.3, 0.4) is 0 Å². The molecule has 0 aliphatic rings. The number of amides is 1. The Hall–Kier alpha value is -3.09. The van der Waals surface area contributed by atoms with Gasteiger partial charge in [0.2, 0.25) is 0 Å². The smallest absolute Gasteiger partial charge is 0.292 e. The van der Waals surface area contributed by atoms with Crippen molar-refractivity contribution < 1.29 is 14.5 Å². The predicted octanol–water partition coefficient (Wildman–Crippen LogP) is 2.64. The van der Waals surface area contributed by atoms with Crippen molar-refractivity contribution in [2.75, 3.05) is 19.0 Å². The van der Waals surface area contributed by atoms with E-state index in [1.165, 1.54) is 6.07 Å². The summed E-state index contributed by atoms with van der Waals surface area (Å²) in [6, 6.07) is 12.1. The number of benzene rings is 2. The van der Waals surface area contributed by atoms with Crippen LogP contribution in [0.5, 0.6) is 5.75 Å². The summed E-state index contributed by atoms with van der Waals surface area (Å²) < 4.78 is 5.32. The average molecular weight is 329 g/mol. The first-order valence-corrected chi connectivity index (χ1v) is 7.41. The zero-order valence-electron chi connectivity index (χ0n) is 13.5. The number of nitro groups is 1. The van der Waals surface area contributed by atoms with Crippen molar-refractivity contribution in [3.05, 3.63) is 63.7 Å². The Morgan fingerprint density at radius 2 is 1.92 bits per heavy atom. The van der Waals surface area contributed by atoms with Crippen LogP contribution in [0, 0.1) is 17.0 Å². The quantitative estimate of drug-likeness (QED) is 0.601. The Labute approximate surface area is 139 Å². The second kappa shape index (κ2) is 7.96. The molecule has 0 radical (unpaired) electrons. The van der Waals surface area contributed by atoms with Crippen LogP contribution in [0.4, 0.5) is 11.4 Å². The van der Waals surface area contributed by atoms with Crippen LogP contribution >= 0.6 is 0 Å². The summed E-state index contributed by atoms with van der Waals surface area (Å²) in [5, 5.41) is 16.6. The first kappa shape index (κ1) is 17.3. The van der Waals surface area contributed by atoms with E-state index in [0.29, 0.717) is 18.0 Å². The SMILES string of the molecule is CNC(=O)COc1ccc(CNc2cc(C)ccc2[N+](=O)[O-])cc1. The number of likely N-dealkylation sites (N-methyl/N-ethyl adjacent to an activating group) is 1. The third-order valence-corrected chi connectivity index (χ3v) is 3.40. The summed E-state index contributed by atoms with van der Waals surface area (Å²) in [5.41, 5.74) is 2.42. The molecule has 0 unspecified atom stereocenters. The van der Waals surface area contributed by atoms with Gasteiger partial charge in [0.25, 0.3) is 11.6 Å². The minimum absolute atomic E-state index is 0.0381. The first-order chi connectivity index (χ1) is 11.5. The molecule has 7 nitrogen and oxygen atoms in total. The fraction of sp³-hybridized carbons (Fsp3) is 0.235. The van der Waals surface area contributed by atoms with E-state index >= 15 is 0 Å². The van der Waals surface area contributed by atoms with Gasteiger partial charge in [0, 0.05) is 19.7 Å². The summed E-state index contributed by atoms with van der Waals surface area (Å²) >= 11 is 0. The van der Waals surface area contributed by atoms with Crippen LogP contribution in [0.15, 0.2) is 42.5 Å².